The lowest BCUT2D eigenvalue weighted by molar-refractivity contribution is -0.145. The molecule has 0 aliphatic carbocycles. The molecule has 0 amide bonds. The first-order valence-corrected chi connectivity index (χ1v) is 8.31. The minimum absolute atomic E-state index is 0.0160. The largest absolute Gasteiger partial charge is 0.461 e. The highest BCUT2D eigenvalue weighted by Crippen LogP contribution is 2.21. The molecule has 8 heteroatoms. The number of aryl methyl sites for hydroxylation is 1. The summed E-state index contributed by atoms with van der Waals surface area (Å²) in [6.07, 6.45) is 1.97. The average molecular weight is 365 g/mol. The second-order valence-electron chi connectivity index (χ2n) is 5.70. The Morgan fingerprint density at radius 1 is 1.00 bits per heavy atom. The fraction of sp³-hybridized carbons (Fsp3) is 0.158. The van der Waals surface area contributed by atoms with Crippen molar-refractivity contribution in [3.05, 3.63) is 66.4 Å². The van der Waals surface area contributed by atoms with Gasteiger partial charge in [-0.3, -0.25) is 4.79 Å². The molecule has 136 valence electrons. The minimum Gasteiger partial charge on any atom is -0.461 e. The van der Waals surface area contributed by atoms with Gasteiger partial charge >= 0.3 is 5.97 Å². The maximum absolute atomic E-state index is 11.9. The zero-order valence-electron chi connectivity index (χ0n) is 14.2. The molecular weight excluding hydrogens is 350 g/mol. The summed E-state index contributed by atoms with van der Waals surface area (Å²) in [5, 5.41) is 7.76. The average Bonchev–Trinajstić information content (AvgIpc) is 3.47. The summed E-state index contributed by atoms with van der Waals surface area (Å²) < 4.78 is 20.7. The highest BCUT2D eigenvalue weighted by atomic mass is 16.5. The van der Waals surface area contributed by atoms with E-state index in [1.807, 2.05) is 30.3 Å². The number of ether oxygens (including phenoxy) is 1. The molecule has 0 N–H and O–H groups in total. The van der Waals surface area contributed by atoms with Crippen LogP contribution in [0.25, 0.3) is 22.9 Å². The fourth-order valence-corrected chi connectivity index (χ4v) is 2.41. The molecule has 0 bridgehead atoms. The van der Waals surface area contributed by atoms with E-state index < -0.39 is 5.97 Å². The third-order valence-electron chi connectivity index (χ3n) is 3.75. The first kappa shape index (κ1) is 16.8. The van der Waals surface area contributed by atoms with Gasteiger partial charge in [-0.2, -0.15) is 4.98 Å². The number of esters is 1. The smallest absolute Gasteiger partial charge is 0.306 e. The molecule has 4 aromatic rings. The molecule has 1 aromatic carbocycles. The summed E-state index contributed by atoms with van der Waals surface area (Å²) in [4.78, 5) is 16.2. The van der Waals surface area contributed by atoms with Crippen LogP contribution in [-0.4, -0.2) is 21.3 Å². The molecule has 4 rings (SSSR count). The molecule has 8 nitrogen and oxygen atoms in total. The summed E-state index contributed by atoms with van der Waals surface area (Å²) in [5.74, 6) is 1.52. The van der Waals surface area contributed by atoms with Crippen LogP contribution in [0.4, 0.5) is 0 Å². The molecule has 0 aliphatic heterocycles. The summed E-state index contributed by atoms with van der Waals surface area (Å²) in [6, 6.07) is 14.6. The molecule has 0 unspecified atom stereocenters. The van der Waals surface area contributed by atoms with Crippen LogP contribution < -0.4 is 0 Å². The van der Waals surface area contributed by atoms with Crippen LogP contribution in [0.5, 0.6) is 0 Å². The van der Waals surface area contributed by atoms with Gasteiger partial charge in [-0.05, 0) is 12.1 Å². The summed E-state index contributed by atoms with van der Waals surface area (Å²) in [7, 11) is 0. The number of hydrogen-bond acceptors (Lipinski definition) is 8. The zero-order chi connectivity index (χ0) is 18.5. The van der Waals surface area contributed by atoms with E-state index in [1.165, 1.54) is 6.26 Å². The van der Waals surface area contributed by atoms with E-state index in [-0.39, 0.29) is 13.0 Å². The number of rotatable bonds is 7. The standard InChI is InChI=1S/C19H15N3O5/c23-18(25-12-14-11-16(26-21-14)15-7-4-10-24-15)9-8-17-20-19(22-27-17)13-5-2-1-3-6-13/h1-7,10-11H,8-9,12H2. The normalized spacial score (nSPS) is 10.8. The number of carbonyl (C=O) groups excluding carboxylic acids is 1. The molecule has 0 saturated carbocycles. The predicted octanol–water partition coefficient (Wildman–Crippen LogP) is 3.66. The van der Waals surface area contributed by atoms with E-state index in [2.05, 4.69) is 15.3 Å². The Morgan fingerprint density at radius 2 is 1.89 bits per heavy atom. The third-order valence-corrected chi connectivity index (χ3v) is 3.75. The van der Waals surface area contributed by atoms with Crippen molar-refractivity contribution < 1.29 is 23.0 Å². The van der Waals surface area contributed by atoms with Crippen LogP contribution in [0.15, 0.2) is 68.3 Å². The first-order chi connectivity index (χ1) is 13.3. The van der Waals surface area contributed by atoms with Crippen LogP contribution in [0.3, 0.4) is 0 Å². The van der Waals surface area contributed by atoms with Gasteiger partial charge in [0.15, 0.2) is 5.76 Å². The lowest BCUT2D eigenvalue weighted by Gasteiger charge is -2.00. The zero-order valence-corrected chi connectivity index (χ0v) is 14.2. The van der Waals surface area contributed by atoms with Crippen molar-refractivity contribution in [2.24, 2.45) is 0 Å². The van der Waals surface area contributed by atoms with Gasteiger partial charge in [0, 0.05) is 18.1 Å². The Bertz CT molecular complexity index is 1010. The summed E-state index contributed by atoms with van der Waals surface area (Å²) >= 11 is 0. The molecule has 0 atom stereocenters. The molecule has 0 fully saturated rings. The van der Waals surface area contributed by atoms with Crippen LogP contribution in [-0.2, 0) is 22.6 Å². The molecule has 27 heavy (non-hydrogen) atoms. The van der Waals surface area contributed by atoms with Crippen molar-refractivity contribution in [3.8, 4) is 22.9 Å². The van der Waals surface area contributed by atoms with Crippen molar-refractivity contribution in [3.63, 3.8) is 0 Å². The van der Waals surface area contributed by atoms with Crippen LogP contribution in [0.1, 0.15) is 18.0 Å². The monoisotopic (exact) mass is 365 g/mol. The van der Waals surface area contributed by atoms with E-state index >= 15 is 0 Å². The van der Waals surface area contributed by atoms with Gasteiger partial charge in [-0.1, -0.05) is 40.6 Å². The molecule has 0 saturated heterocycles. The topological polar surface area (TPSA) is 104 Å². The number of carbonyl (C=O) groups is 1. The number of furan rings is 1. The maximum Gasteiger partial charge on any atom is 0.306 e. The lowest BCUT2D eigenvalue weighted by atomic mass is 10.2. The summed E-state index contributed by atoms with van der Waals surface area (Å²) in [5.41, 5.74) is 1.35. The second-order valence-corrected chi connectivity index (χ2v) is 5.70. The minimum atomic E-state index is -0.392. The summed E-state index contributed by atoms with van der Waals surface area (Å²) in [6.45, 7) is 0.0160. The van der Waals surface area contributed by atoms with E-state index in [0.29, 0.717) is 35.4 Å². The van der Waals surface area contributed by atoms with E-state index in [1.54, 1.807) is 18.2 Å². The van der Waals surface area contributed by atoms with Crippen molar-refractivity contribution in [2.75, 3.05) is 0 Å². The quantitative estimate of drug-likeness (QED) is 0.457. The SMILES string of the molecule is O=C(CCc1nc(-c2ccccc2)no1)OCc1cc(-c2ccco2)on1. The second kappa shape index (κ2) is 7.69. The van der Waals surface area contributed by atoms with Gasteiger partial charge in [0.05, 0.1) is 12.7 Å². The fourth-order valence-electron chi connectivity index (χ4n) is 2.41. The number of hydrogen-bond donors (Lipinski definition) is 0. The Kier molecular flexibility index (Phi) is 4.78. The molecular formula is C19H15N3O5. The number of nitrogens with zero attached hydrogens (tertiary/aromatic N) is 3. The number of benzene rings is 1. The maximum atomic E-state index is 11.9. The molecule has 0 aliphatic rings. The molecule has 0 radical (unpaired) electrons. The van der Waals surface area contributed by atoms with E-state index in [9.17, 15) is 4.79 Å². The van der Waals surface area contributed by atoms with Gasteiger partial charge in [-0.15, -0.1) is 0 Å². The van der Waals surface area contributed by atoms with Crippen LogP contribution in [0, 0.1) is 0 Å². The highest BCUT2D eigenvalue weighted by molar-refractivity contribution is 5.69. The van der Waals surface area contributed by atoms with E-state index in [4.69, 9.17) is 18.2 Å². The number of aromatic nitrogens is 3. The first-order valence-electron chi connectivity index (χ1n) is 8.31. The van der Waals surface area contributed by atoms with Crippen LogP contribution >= 0.6 is 0 Å². The van der Waals surface area contributed by atoms with Gasteiger partial charge < -0.3 is 18.2 Å². The Labute approximate surface area is 153 Å². The van der Waals surface area contributed by atoms with Gasteiger partial charge in [-0.25, -0.2) is 0 Å². The van der Waals surface area contributed by atoms with Gasteiger partial charge in [0.1, 0.15) is 12.3 Å². The Morgan fingerprint density at radius 3 is 2.70 bits per heavy atom. The van der Waals surface area contributed by atoms with Crippen LogP contribution in [0.2, 0.25) is 0 Å². The van der Waals surface area contributed by atoms with Crippen molar-refractivity contribution in [2.45, 2.75) is 19.4 Å². The third kappa shape index (κ3) is 4.12. The molecule has 3 aromatic heterocycles. The molecule has 0 spiro atoms. The highest BCUT2D eigenvalue weighted by Gasteiger charge is 2.13. The van der Waals surface area contributed by atoms with Crippen molar-refractivity contribution in [1.29, 1.82) is 0 Å². The predicted molar refractivity (Wildman–Crippen MR) is 92.1 cm³/mol. The van der Waals surface area contributed by atoms with Crippen molar-refractivity contribution >= 4 is 5.97 Å². The van der Waals surface area contributed by atoms with Crippen molar-refractivity contribution in [1.82, 2.24) is 15.3 Å². The lowest BCUT2D eigenvalue weighted by Crippen LogP contribution is -2.06. The van der Waals surface area contributed by atoms with Gasteiger partial charge in [0.25, 0.3) is 0 Å². The van der Waals surface area contributed by atoms with E-state index in [0.717, 1.165) is 5.56 Å². The Balaban J connectivity index is 1.26. The molecule has 3 heterocycles. The van der Waals surface area contributed by atoms with Gasteiger partial charge in [0.2, 0.25) is 17.5 Å². The Hall–Kier alpha value is -3.68.